The van der Waals surface area contributed by atoms with Gasteiger partial charge in [0.2, 0.25) is 0 Å². The molecule has 10 aromatic rings. The maximum absolute atomic E-state index is 5.22. The summed E-state index contributed by atoms with van der Waals surface area (Å²) in [6, 6.07) is 63.7. The minimum Gasteiger partial charge on any atom is -0.309 e. The molecular weight excluding hydrogens is 749 g/mol. The van der Waals surface area contributed by atoms with Crippen LogP contribution in [0.1, 0.15) is 19.0 Å². The van der Waals surface area contributed by atoms with Gasteiger partial charge in [-0.25, -0.2) is 9.97 Å². The molecule has 5 heteroatoms. The van der Waals surface area contributed by atoms with Gasteiger partial charge >= 0.3 is 0 Å². The largest absolute Gasteiger partial charge is 0.309 e. The number of benzene rings is 8. The first kappa shape index (κ1) is 34.8. The second-order valence-electron chi connectivity index (χ2n) is 15.9. The molecule has 0 saturated heterocycles. The molecule has 1 aliphatic carbocycles. The van der Waals surface area contributed by atoms with Crippen molar-refractivity contribution >= 4 is 77.9 Å². The Morgan fingerprint density at radius 1 is 0.550 bits per heavy atom. The number of rotatable bonds is 5. The van der Waals surface area contributed by atoms with Crippen LogP contribution >= 0.6 is 11.8 Å². The molecule has 4 nitrogen and oxygen atoms in total. The zero-order chi connectivity index (χ0) is 39.7. The zero-order valence-corrected chi connectivity index (χ0v) is 33.8. The fourth-order valence-electron chi connectivity index (χ4n) is 9.12. The van der Waals surface area contributed by atoms with Crippen LogP contribution in [-0.4, -0.2) is 14.5 Å². The Morgan fingerprint density at radius 3 is 2.15 bits per heavy atom. The van der Waals surface area contributed by atoms with Crippen LogP contribution in [-0.2, 0) is 0 Å². The lowest BCUT2D eigenvalue weighted by Crippen LogP contribution is -2.14. The van der Waals surface area contributed by atoms with Crippen LogP contribution in [0.25, 0.3) is 77.3 Å². The van der Waals surface area contributed by atoms with Gasteiger partial charge in [0.1, 0.15) is 0 Å². The van der Waals surface area contributed by atoms with Crippen molar-refractivity contribution in [2.24, 2.45) is 5.92 Å². The standard InChI is InChI=1S/C55H38N4S/c1-35-19-21-37(22-20-35)54-44-15-7-8-16-46(44)56-55(57-54)38-23-28-42(29-24-38)59-48-31-26-36-11-5-6-14-43(36)53(48)45-30-25-39(33-49(45)59)40-27-32-52-50(34-40)58(41-12-3-2-4-13-41)47-17-9-10-18-51(47)60-52/h2-19,21-35H,20H2,1H3. The van der Waals surface area contributed by atoms with E-state index in [0.29, 0.717) is 5.92 Å². The van der Waals surface area contributed by atoms with E-state index in [-0.39, 0.29) is 0 Å². The van der Waals surface area contributed by atoms with Gasteiger partial charge in [-0.15, -0.1) is 0 Å². The van der Waals surface area contributed by atoms with E-state index in [4.69, 9.17) is 9.97 Å². The van der Waals surface area contributed by atoms with Crippen molar-refractivity contribution in [1.82, 2.24) is 14.5 Å². The Labute approximate surface area is 352 Å². The van der Waals surface area contributed by atoms with E-state index >= 15 is 0 Å². The molecule has 3 heterocycles. The molecule has 0 amide bonds. The lowest BCUT2D eigenvalue weighted by molar-refractivity contribution is 0.739. The van der Waals surface area contributed by atoms with Gasteiger partial charge in [-0.3, -0.25) is 0 Å². The zero-order valence-electron chi connectivity index (χ0n) is 33.0. The third kappa shape index (κ3) is 5.69. The van der Waals surface area contributed by atoms with Crippen LogP contribution in [0.2, 0.25) is 0 Å². The van der Waals surface area contributed by atoms with Gasteiger partial charge in [0, 0.05) is 42.9 Å². The summed E-state index contributed by atoms with van der Waals surface area (Å²) >= 11 is 1.84. The first-order valence-electron chi connectivity index (χ1n) is 20.6. The maximum atomic E-state index is 5.22. The van der Waals surface area contributed by atoms with E-state index < -0.39 is 0 Å². The minimum absolute atomic E-state index is 0.532. The number of hydrogen-bond donors (Lipinski definition) is 0. The van der Waals surface area contributed by atoms with Crippen LogP contribution in [0.5, 0.6) is 0 Å². The van der Waals surface area contributed by atoms with Crippen molar-refractivity contribution in [3.8, 4) is 28.2 Å². The van der Waals surface area contributed by atoms with Gasteiger partial charge in [-0.1, -0.05) is 134 Å². The minimum atomic E-state index is 0.532. The monoisotopic (exact) mass is 786 g/mol. The molecule has 0 spiro atoms. The first-order chi connectivity index (χ1) is 29.6. The third-order valence-corrected chi connectivity index (χ3v) is 13.2. The summed E-state index contributed by atoms with van der Waals surface area (Å²) in [5, 5.41) is 6.06. The van der Waals surface area contributed by atoms with Crippen molar-refractivity contribution in [3.63, 3.8) is 0 Å². The Morgan fingerprint density at radius 2 is 1.28 bits per heavy atom. The molecular formula is C55H38N4S. The summed E-state index contributed by atoms with van der Waals surface area (Å²) in [6.45, 7) is 2.25. The maximum Gasteiger partial charge on any atom is 0.160 e. The summed E-state index contributed by atoms with van der Waals surface area (Å²) in [5.74, 6) is 1.26. The highest BCUT2D eigenvalue weighted by atomic mass is 32.2. The van der Waals surface area contributed by atoms with Crippen LogP contribution in [0, 0.1) is 5.92 Å². The highest BCUT2D eigenvalue weighted by Gasteiger charge is 2.26. The molecule has 284 valence electrons. The molecule has 2 aliphatic rings. The SMILES string of the molecule is CC1C=CC(c2nc(-c3ccc(-n4c5cc(-c6ccc7c(c6)N(c6ccccc6)c6ccccc6S7)ccc5c5c6ccccc6ccc54)cc3)nc3ccccc23)=CC1. The normalized spacial score (nSPS) is 14.8. The Kier molecular flexibility index (Phi) is 8.10. The van der Waals surface area contributed by atoms with Crippen LogP contribution in [0.15, 0.2) is 204 Å². The van der Waals surface area contributed by atoms with Gasteiger partial charge < -0.3 is 9.47 Å². The van der Waals surface area contributed by atoms with E-state index in [2.05, 4.69) is 211 Å². The predicted octanol–water partition coefficient (Wildman–Crippen LogP) is 15.1. The Bertz CT molecular complexity index is 3400. The summed E-state index contributed by atoms with van der Waals surface area (Å²) in [4.78, 5) is 15.2. The molecule has 0 saturated carbocycles. The molecule has 60 heavy (non-hydrogen) atoms. The Balaban J connectivity index is 1.01. The third-order valence-electron chi connectivity index (χ3n) is 12.1. The number of aromatic nitrogens is 3. The van der Waals surface area contributed by atoms with E-state index in [9.17, 15) is 0 Å². The molecule has 0 N–H and O–H groups in total. The molecule has 12 rings (SSSR count). The second kappa shape index (κ2) is 14.0. The van der Waals surface area contributed by atoms with Crippen molar-refractivity contribution in [3.05, 3.63) is 200 Å². The quantitative estimate of drug-likeness (QED) is 0.174. The molecule has 0 bridgehead atoms. The fourth-order valence-corrected chi connectivity index (χ4v) is 10.2. The van der Waals surface area contributed by atoms with Crippen LogP contribution < -0.4 is 4.90 Å². The molecule has 8 aromatic carbocycles. The van der Waals surface area contributed by atoms with Crippen LogP contribution in [0.4, 0.5) is 17.1 Å². The highest BCUT2D eigenvalue weighted by Crippen LogP contribution is 2.52. The molecule has 1 unspecified atom stereocenters. The summed E-state index contributed by atoms with van der Waals surface area (Å²) < 4.78 is 2.43. The number of nitrogens with zero attached hydrogens (tertiary/aromatic N) is 4. The van der Waals surface area contributed by atoms with Gasteiger partial charge in [-0.2, -0.15) is 0 Å². The Hall–Kier alpha value is -7.21. The van der Waals surface area contributed by atoms with E-state index in [1.54, 1.807) is 0 Å². The first-order valence-corrected chi connectivity index (χ1v) is 21.4. The van der Waals surface area contributed by atoms with Gasteiger partial charge in [0.25, 0.3) is 0 Å². The van der Waals surface area contributed by atoms with Gasteiger partial charge in [0.05, 0.1) is 33.6 Å². The van der Waals surface area contributed by atoms with Crippen molar-refractivity contribution < 1.29 is 0 Å². The van der Waals surface area contributed by atoms with Crippen molar-refractivity contribution in [2.45, 2.75) is 23.1 Å². The second-order valence-corrected chi connectivity index (χ2v) is 16.9. The highest BCUT2D eigenvalue weighted by molar-refractivity contribution is 7.99. The topological polar surface area (TPSA) is 34.0 Å². The average Bonchev–Trinajstić information content (AvgIpc) is 3.65. The number of allylic oxidation sites excluding steroid dienone is 4. The molecule has 0 radical (unpaired) electrons. The number of fused-ring (bicyclic) bond motifs is 8. The average molecular weight is 787 g/mol. The van der Waals surface area contributed by atoms with Gasteiger partial charge in [0.15, 0.2) is 5.82 Å². The summed E-state index contributed by atoms with van der Waals surface area (Å²) in [6.07, 6.45) is 7.83. The number of para-hydroxylation sites is 3. The van der Waals surface area contributed by atoms with Crippen LogP contribution in [0.3, 0.4) is 0 Å². The fraction of sp³-hybridized carbons (Fsp3) is 0.0545. The van der Waals surface area contributed by atoms with E-state index in [0.717, 1.165) is 51.4 Å². The number of anilines is 3. The molecule has 2 aromatic heterocycles. The van der Waals surface area contributed by atoms with Crippen molar-refractivity contribution in [1.29, 1.82) is 0 Å². The lowest BCUT2D eigenvalue weighted by Gasteiger charge is -2.33. The predicted molar refractivity (Wildman–Crippen MR) is 252 cm³/mol. The molecule has 1 aliphatic heterocycles. The van der Waals surface area contributed by atoms with Crippen molar-refractivity contribution in [2.75, 3.05) is 4.90 Å². The number of hydrogen-bond acceptors (Lipinski definition) is 4. The van der Waals surface area contributed by atoms with E-state index in [1.807, 2.05) is 11.8 Å². The summed E-state index contributed by atoms with van der Waals surface area (Å²) in [7, 11) is 0. The molecule has 0 fully saturated rings. The summed E-state index contributed by atoms with van der Waals surface area (Å²) in [5.41, 5.74) is 13.4. The van der Waals surface area contributed by atoms with E-state index in [1.165, 1.54) is 64.9 Å². The van der Waals surface area contributed by atoms with Gasteiger partial charge in [-0.05, 0) is 119 Å². The lowest BCUT2D eigenvalue weighted by atomic mass is 9.95. The smallest absolute Gasteiger partial charge is 0.160 e. The molecule has 1 atom stereocenters.